The van der Waals surface area contributed by atoms with Crippen LogP contribution in [-0.2, 0) is 13.1 Å². The summed E-state index contributed by atoms with van der Waals surface area (Å²) in [7, 11) is 2.15. The Balaban J connectivity index is 2.24. The van der Waals surface area contributed by atoms with Gasteiger partial charge in [0.2, 0.25) is 0 Å². The molecule has 1 aliphatic heterocycles. The van der Waals surface area contributed by atoms with E-state index in [9.17, 15) is 0 Å². The first-order chi connectivity index (χ1) is 6.79. The highest BCUT2D eigenvalue weighted by Gasteiger charge is 2.14. The van der Waals surface area contributed by atoms with Crippen LogP contribution in [0, 0.1) is 0 Å². The van der Waals surface area contributed by atoms with Crippen molar-refractivity contribution in [2.75, 3.05) is 13.6 Å². The second kappa shape index (κ2) is 3.95. The van der Waals surface area contributed by atoms with Crippen molar-refractivity contribution in [2.24, 2.45) is 5.73 Å². The van der Waals surface area contributed by atoms with Gasteiger partial charge in [0.15, 0.2) is 0 Å². The maximum absolute atomic E-state index is 5.42. The zero-order valence-electron chi connectivity index (χ0n) is 8.53. The van der Waals surface area contributed by atoms with Crippen LogP contribution in [0.4, 0.5) is 0 Å². The molecule has 2 heteroatoms. The fourth-order valence-corrected chi connectivity index (χ4v) is 1.89. The number of nitrogens with zero attached hydrogens (tertiary/aromatic N) is 1. The number of fused-ring (bicyclic) bond motifs is 1. The summed E-state index contributed by atoms with van der Waals surface area (Å²) in [6, 6.07) is 6.63. The number of benzene rings is 1. The van der Waals surface area contributed by atoms with Crippen molar-refractivity contribution in [3.05, 3.63) is 41.0 Å². The Bertz CT molecular complexity index is 355. The van der Waals surface area contributed by atoms with E-state index >= 15 is 0 Å². The van der Waals surface area contributed by atoms with Gasteiger partial charge in [-0.2, -0.15) is 0 Å². The Morgan fingerprint density at radius 3 is 2.93 bits per heavy atom. The van der Waals surface area contributed by atoms with Gasteiger partial charge < -0.3 is 5.73 Å². The molecule has 1 aromatic carbocycles. The van der Waals surface area contributed by atoms with E-state index in [1.807, 2.05) is 6.08 Å². The molecule has 0 amide bonds. The second-order valence-corrected chi connectivity index (χ2v) is 3.84. The summed E-state index contributed by atoms with van der Waals surface area (Å²) in [5.74, 6) is 0. The van der Waals surface area contributed by atoms with Crippen molar-refractivity contribution >= 4 is 6.08 Å². The van der Waals surface area contributed by atoms with Crippen LogP contribution in [-0.4, -0.2) is 18.5 Å². The van der Waals surface area contributed by atoms with E-state index in [-0.39, 0.29) is 0 Å². The molecule has 0 unspecified atom stereocenters. The zero-order chi connectivity index (χ0) is 9.97. The van der Waals surface area contributed by atoms with Crippen molar-refractivity contribution in [3.8, 4) is 0 Å². The largest absolute Gasteiger partial charge is 0.327 e. The molecular weight excluding hydrogens is 172 g/mol. The van der Waals surface area contributed by atoms with E-state index in [0.717, 1.165) is 13.1 Å². The molecule has 74 valence electrons. The molecule has 0 radical (unpaired) electrons. The molecule has 0 saturated heterocycles. The number of nitrogens with two attached hydrogens (primary N) is 1. The molecule has 1 aromatic rings. The third kappa shape index (κ3) is 1.86. The minimum absolute atomic E-state index is 0.608. The normalized spacial score (nSPS) is 16.4. The number of hydrogen-bond acceptors (Lipinski definition) is 2. The lowest BCUT2D eigenvalue weighted by molar-refractivity contribution is 0.353. The quantitative estimate of drug-likeness (QED) is 0.764. The molecule has 1 heterocycles. The first-order valence-electron chi connectivity index (χ1n) is 4.96. The second-order valence-electron chi connectivity index (χ2n) is 3.84. The van der Waals surface area contributed by atoms with E-state index in [1.165, 1.54) is 16.7 Å². The topological polar surface area (TPSA) is 29.3 Å². The molecule has 0 bridgehead atoms. The molecule has 0 atom stereocenters. The summed E-state index contributed by atoms with van der Waals surface area (Å²) in [6.45, 7) is 2.76. The SMILES string of the molecule is CN1Cc2ccc(/C=C/CN)cc2C1. The van der Waals surface area contributed by atoms with Crippen LogP contribution in [0.1, 0.15) is 16.7 Å². The van der Waals surface area contributed by atoms with Crippen LogP contribution >= 0.6 is 0 Å². The van der Waals surface area contributed by atoms with Gasteiger partial charge in [-0.25, -0.2) is 0 Å². The summed E-state index contributed by atoms with van der Waals surface area (Å²) in [6.07, 6.45) is 4.07. The van der Waals surface area contributed by atoms with Crippen molar-refractivity contribution in [1.29, 1.82) is 0 Å². The third-order valence-corrected chi connectivity index (χ3v) is 2.56. The molecule has 0 aliphatic carbocycles. The summed E-state index contributed by atoms with van der Waals surface area (Å²) in [5, 5.41) is 0. The van der Waals surface area contributed by atoms with Crippen LogP contribution < -0.4 is 5.73 Å². The molecule has 0 saturated carbocycles. The van der Waals surface area contributed by atoms with Crippen LogP contribution in [0.5, 0.6) is 0 Å². The first kappa shape index (κ1) is 9.44. The van der Waals surface area contributed by atoms with Gasteiger partial charge in [-0.05, 0) is 23.7 Å². The number of hydrogen-bond donors (Lipinski definition) is 1. The summed E-state index contributed by atoms with van der Waals surface area (Å²) < 4.78 is 0. The molecule has 0 spiro atoms. The van der Waals surface area contributed by atoms with E-state index in [0.29, 0.717) is 6.54 Å². The maximum atomic E-state index is 5.42. The van der Waals surface area contributed by atoms with E-state index in [2.05, 4.69) is 36.2 Å². The van der Waals surface area contributed by atoms with Gasteiger partial charge in [-0.3, -0.25) is 4.90 Å². The van der Waals surface area contributed by atoms with Crippen LogP contribution in [0.3, 0.4) is 0 Å². The monoisotopic (exact) mass is 188 g/mol. The minimum atomic E-state index is 0.608. The van der Waals surface area contributed by atoms with Crippen molar-refractivity contribution in [3.63, 3.8) is 0 Å². The van der Waals surface area contributed by atoms with Crippen LogP contribution in [0.25, 0.3) is 6.08 Å². The lowest BCUT2D eigenvalue weighted by Crippen LogP contribution is -2.07. The fraction of sp³-hybridized carbons (Fsp3) is 0.333. The maximum Gasteiger partial charge on any atom is 0.0237 e. The fourth-order valence-electron chi connectivity index (χ4n) is 1.89. The van der Waals surface area contributed by atoms with Gasteiger partial charge in [0.25, 0.3) is 0 Å². The average Bonchev–Trinajstić information content (AvgIpc) is 2.54. The highest BCUT2D eigenvalue weighted by atomic mass is 15.1. The standard InChI is InChI=1S/C12H16N2/c1-14-8-11-5-4-10(3-2-6-13)7-12(11)9-14/h2-5,7H,6,8-9,13H2,1H3/b3-2+. The smallest absolute Gasteiger partial charge is 0.0237 e. The lowest BCUT2D eigenvalue weighted by atomic mass is 10.1. The molecule has 0 aromatic heterocycles. The highest BCUT2D eigenvalue weighted by molar-refractivity contribution is 5.52. The van der Waals surface area contributed by atoms with Crippen molar-refractivity contribution < 1.29 is 0 Å². The molecule has 2 N–H and O–H groups in total. The van der Waals surface area contributed by atoms with Gasteiger partial charge in [0.1, 0.15) is 0 Å². The van der Waals surface area contributed by atoms with Crippen LogP contribution in [0.15, 0.2) is 24.3 Å². The van der Waals surface area contributed by atoms with Gasteiger partial charge in [-0.15, -0.1) is 0 Å². The average molecular weight is 188 g/mol. The molecule has 2 rings (SSSR count). The molecule has 1 aliphatic rings. The summed E-state index contributed by atoms with van der Waals surface area (Å²) in [5.41, 5.74) is 9.58. The Morgan fingerprint density at radius 2 is 2.14 bits per heavy atom. The van der Waals surface area contributed by atoms with E-state index in [4.69, 9.17) is 5.73 Å². The predicted octanol–water partition coefficient (Wildman–Crippen LogP) is 1.60. The summed E-state index contributed by atoms with van der Waals surface area (Å²) in [4.78, 5) is 2.32. The lowest BCUT2D eigenvalue weighted by Gasteiger charge is -2.02. The zero-order valence-corrected chi connectivity index (χ0v) is 8.53. The number of rotatable bonds is 2. The molecule has 2 nitrogen and oxygen atoms in total. The van der Waals surface area contributed by atoms with E-state index in [1.54, 1.807) is 0 Å². The van der Waals surface area contributed by atoms with E-state index < -0.39 is 0 Å². The molecule has 14 heavy (non-hydrogen) atoms. The van der Waals surface area contributed by atoms with Gasteiger partial charge in [-0.1, -0.05) is 30.4 Å². The Hall–Kier alpha value is -1.12. The van der Waals surface area contributed by atoms with Crippen LogP contribution in [0.2, 0.25) is 0 Å². The Labute approximate surface area is 85.0 Å². The molecular formula is C12H16N2. The van der Waals surface area contributed by atoms with Gasteiger partial charge >= 0.3 is 0 Å². The summed E-state index contributed by atoms with van der Waals surface area (Å²) >= 11 is 0. The van der Waals surface area contributed by atoms with Crippen molar-refractivity contribution in [1.82, 2.24) is 4.90 Å². The highest BCUT2D eigenvalue weighted by Crippen LogP contribution is 2.22. The minimum Gasteiger partial charge on any atom is -0.327 e. The van der Waals surface area contributed by atoms with Crippen molar-refractivity contribution in [2.45, 2.75) is 13.1 Å². The Kier molecular flexibility index (Phi) is 2.66. The third-order valence-electron chi connectivity index (χ3n) is 2.56. The van der Waals surface area contributed by atoms with Gasteiger partial charge in [0.05, 0.1) is 0 Å². The van der Waals surface area contributed by atoms with Gasteiger partial charge in [0, 0.05) is 19.6 Å². The molecule has 0 fully saturated rings. The predicted molar refractivity (Wildman–Crippen MR) is 59.7 cm³/mol. The Morgan fingerprint density at radius 1 is 1.36 bits per heavy atom. The first-order valence-corrected chi connectivity index (χ1v) is 4.96.